The summed E-state index contributed by atoms with van der Waals surface area (Å²) in [6, 6.07) is 8.98. The lowest BCUT2D eigenvalue weighted by molar-refractivity contribution is 0.386. The third kappa shape index (κ3) is 3.17. The van der Waals surface area contributed by atoms with Gasteiger partial charge in [-0.2, -0.15) is 4.31 Å². The number of nitrogens with zero attached hydrogens (tertiary/aromatic N) is 4. The van der Waals surface area contributed by atoms with Crippen molar-refractivity contribution < 1.29 is 12.9 Å². The maximum atomic E-state index is 12.9. The van der Waals surface area contributed by atoms with Gasteiger partial charge in [0.1, 0.15) is 4.21 Å². The van der Waals surface area contributed by atoms with Gasteiger partial charge < -0.3 is 9.42 Å². The summed E-state index contributed by atoms with van der Waals surface area (Å²) in [7, 11) is -3.49. The molecule has 0 N–H and O–H groups in total. The SMILES string of the molecule is O=S(=O)(c1ccc(-c2ccno2)s1)N1CCN(c2ccncc2)CC1. The zero-order chi connectivity index (χ0) is 17.3. The van der Waals surface area contributed by atoms with Crippen LogP contribution in [0.25, 0.3) is 10.6 Å². The van der Waals surface area contributed by atoms with E-state index in [-0.39, 0.29) is 0 Å². The molecule has 9 heteroatoms. The molecule has 1 saturated heterocycles. The van der Waals surface area contributed by atoms with Crippen molar-refractivity contribution in [1.82, 2.24) is 14.4 Å². The predicted molar refractivity (Wildman–Crippen MR) is 95.0 cm³/mol. The number of pyridine rings is 1. The Morgan fingerprint density at radius 3 is 2.40 bits per heavy atom. The van der Waals surface area contributed by atoms with Crippen LogP contribution in [-0.4, -0.2) is 49.0 Å². The van der Waals surface area contributed by atoms with E-state index in [1.807, 2.05) is 12.1 Å². The molecule has 1 aliphatic heterocycles. The Bertz CT molecular complexity index is 931. The van der Waals surface area contributed by atoms with E-state index in [4.69, 9.17) is 4.52 Å². The lowest BCUT2D eigenvalue weighted by Gasteiger charge is -2.35. The summed E-state index contributed by atoms with van der Waals surface area (Å²) in [4.78, 5) is 6.94. The molecule has 0 bridgehead atoms. The second-order valence-electron chi connectivity index (χ2n) is 5.59. The number of hydrogen-bond donors (Lipinski definition) is 0. The molecule has 0 amide bonds. The maximum absolute atomic E-state index is 12.9. The molecule has 4 heterocycles. The summed E-state index contributed by atoms with van der Waals surface area (Å²) in [5.41, 5.74) is 1.07. The van der Waals surface area contributed by atoms with Crippen molar-refractivity contribution in [1.29, 1.82) is 0 Å². The van der Waals surface area contributed by atoms with Crippen molar-refractivity contribution in [2.45, 2.75) is 4.21 Å². The quantitative estimate of drug-likeness (QED) is 0.695. The fourth-order valence-corrected chi connectivity index (χ4v) is 5.64. The number of piperazine rings is 1. The number of hydrogen-bond acceptors (Lipinski definition) is 7. The van der Waals surface area contributed by atoms with Gasteiger partial charge in [-0.1, -0.05) is 5.16 Å². The van der Waals surface area contributed by atoms with E-state index < -0.39 is 10.0 Å². The van der Waals surface area contributed by atoms with Crippen LogP contribution in [0.15, 0.2) is 57.7 Å². The van der Waals surface area contributed by atoms with Crippen LogP contribution in [0, 0.1) is 0 Å². The summed E-state index contributed by atoms with van der Waals surface area (Å²) < 4.78 is 32.7. The van der Waals surface area contributed by atoms with Crippen LogP contribution in [0.2, 0.25) is 0 Å². The summed E-state index contributed by atoms with van der Waals surface area (Å²) in [5.74, 6) is 0.578. The Labute approximate surface area is 149 Å². The summed E-state index contributed by atoms with van der Waals surface area (Å²) in [5, 5.41) is 3.66. The molecule has 0 radical (unpaired) electrons. The van der Waals surface area contributed by atoms with Gasteiger partial charge in [0.2, 0.25) is 0 Å². The van der Waals surface area contributed by atoms with Crippen LogP contribution < -0.4 is 4.90 Å². The standard InChI is InChI=1S/C16H16N4O3S2/c21-25(22,16-2-1-15(24-16)14-5-8-18-23-14)20-11-9-19(10-12-20)13-3-6-17-7-4-13/h1-8H,9-12H2. The molecule has 130 valence electrons. The second-order valence-corrected chi connectivity index (χ2v) is 8.84. The highest BCUT2D eigenvalue weighted by atomic mass is 32.2. The van der Waals surface area contributed by atoms with Crippen molar-refractivity contribution in [2.24, 2.45) is 0 Å². The minimum atomic E-state index is -3.49. The Morgan fingerprint density at radius 1 is 0.960 bits per heavy atom. The summed E-state index contributed by atoms with van der Waals surface area (Å²) >= 11 is 1.20. The van der Waals surface area contributed by atoms with Crippen molar-refractivity contribution in [3.8, 4) is 10.6 Å². The van der Waals surface area contributed by atoms with E-state index in [0.717, 1.165) is 10.6 Å². The smallest absolute Gasteiger partial charge is 0.252 e. The maximum Gasteiger partial charge on any atom is 0.252 e. The van der Waals surface area contributed by atoms with Crippen LogP contribution in [0.1, 0.15) is 0 Å². The molecule has 3 aromatic rings. The molecule has 0 saturated carbocycles. The van der Waals surface area contributed by atoms with Gasteiger partial charge in [-0.15, -0.1) is 11.3 Å². The Balaban J connectivity index is 1.49. The molecule has 0 unspecified atom stereocenters. The molecule has 0 atom stereocenters. The highest BCUT2D eigenvalue weighted by Gasteiger charge is 2.30. The first kappa shape index (κ1) is 16.2. The summed E-state index contributed by atoms with van der Waals surface area (Å²) in [6.45, 7) is 2.23. The zero-order valence-electron chi connectivity index (χ0n) is 13.3. The highest BCUT2D eigenvalue weighted by Crippen LogP contribution is 2.32. The molecule has 4 rings (SSSR count). The lowest BCUT2D eigenvalue weighted by atomic mass is 10.3. The number of anilines is 1. The molecule has 3 aromatic heterocycles. The molecular formula is C16H16N4O3S2. The van der Waals surface area contributed by atoms with E-state index in [2.05, 4.69) is 15.0 Å². The minimum Gasteiger partial charge on any atom is -0.369 e. The van der Waals surface area contributed by atoms with E-state index in [1.165, 1.54) is 11.3 Å². The third-order valence-electron chi connectivity index (χ3n) is 4.12. The van der Waals surface area contributed by atoms with E-state index >= 15 is 0 Å². The van der Waals surface area contributed by atoms with E-state index in [9.17, 15) is 8.42 Å². The third-order valence-corrected chi connectivity index (χ3v) is 7.59. The topological polar surface area (TPSA) is 79.5 Å². The first-order valence-corrected chi connectivity index (χ1v) is 10.1. The lowest BCUT2D eigenvalue weighted by Crippen LogP contribution is -2.48. The molecule has 0 aromatic carbocycles. The largest absolute Gasteiger partial charge is 0.369 e. The normalized spacial score (nSPS) is 16.2. The van der Waals surface area contributed by atoms with Gasteiger partial charge in [0.15, 0.2) is 5.76 Å². The number of aromatic nitrogens is 2. The molecular weight excluding hydrogens is 360 g/mol. The van der Waals surface area contributed by atoms with Crippen molar-refractivity contribution in [3.05, 3.63) is 48.9 Å². The average Bonchev–Trinajstić information content (AvgIpc) is 3.34. The van der Waals surface area contributed by atoms with Crippen LogP contribution in [0.4, 0.5) is 5.69 Å². The van der Waals surface area contributed by atoms with E-state index in [0.29, 0.717) is 36.1 Å². The monoisotopic (exact) mass is 376 g/mol. The van der Waals surface area contributed by atoms with Gasteiger partial charge in [-0.25, -0.2) is 8.42 Å². The average molecular weight is 376 g/mol. The zero-order valence-corrected chi connectivity index (χ0v) is 14.9. The molecule has 0 spiro atoms. The van der Waals surface area contributed by atoms with Crippen molar-refractivity contribution >= 4 is 27.0 Å². The van der Waals surface area contributed by atoms with Gasteiger partial charge in [-0.05, 0) is 24.3 Å². The van der Waals surface area contributed by atoms with Crippen LogP contribution in [-0.2, 0) is 10.0 Å². The molecule has 0 aliphatic carbocycles. The number of thiophene rings is 1. The Morgan fingerprint density at radius 2 is 1.72 bits per heavy atom. The minimum absolute atomic E-state index is 0.330. The van der Waals surface area contributed by atoms with Gasteiger partial charge in [-0.3, -0.25) is 4.98 Å². The first-order valence-electron chi connectivity index (χ1n) is 7.80. The number of sulfonamides is 1. The summed E-state index contributed by atoms with van der Waals surface area (Å²) in [6.07, 6.45) is 5.03. The predicted octanol–water partition coefficient (Wildman–Crippen LogP) is 2.31. The van der Waals surface area contributed by atoms with Gasteiger partial charge >= 0.3 is 0 Å². The Kier molecular flexibility index (Phi) is 4.28. The van der Waals surface area contributed by atoms with Gasteiger partial charge in [0.25, 0.3) is 10.0 Å². The van der Waals surface area contributed by atoms with Gasteiger partial charge in [0.05, 0.1) is 11.1 Å². The number of rotatable bonds is 4. The fourth-order valence-electron chi connectivity index (χ4n) is 2.80. The highest BCUT2D eigenvalue weighted by molar-refractivity contribution is 7.91. The van der Waals surface area contributed by atoms with Crippen molar-refractivity contribution in [2.75, 3.05) is 31.1 Å². The molecule has 1 aliphatic rings. The van der Waals surface area contributed by atoms with Gasteiger partial charge in [0, 0.05) is 50.3 Å². The fraction of sp³-hybridized carbons (Fsp3) is 0.250. The second kappa shape index (κ2) is 6.58. The molecule has 1 fully saturated rings. The van der Waals surface area contributed by atoms with Crippen molar-refractivity contribution in [3.63, 3.8) is 0 Å². The molecule has 25 heavy (non-hydrogen) atoms. The van der Waals surface area contributed by atoms with Crippen LogP contribution in [0.3, 0.4) is 0 Å². The van der Waals surface area contributed by atoms with Crippen LogP contribution in [0.5, 0.6) is 0 Å². The molecule has 7 nitrogen and oxygen atoms in total. The van der Waals surface area contributed by atoms with Crippen LogP contribution >= 0.6 is 11.3 Å². The van der Waals surface area contributed by atoms with E-state index in [1.54, 1.807) is 41.1 Å². The first-order chi connectivity index (χ1) is 12.1. The Hall–Kier alpha value is -2.23.